The molecular weight excluding hydrogens is 330 g/mol. The molecule has 1 heterocycles. The van der Waals surface area contributed by atoms with Crippen LogP contribution < -0.4 is 10.1 Å². The first-order valence-electron chi connectivity index (χ1n) is 6.85. The zero-order chi connectivity index (χ0) is 18.4. The number of nitro groups is 1. The average Bonchev–Trinajstić information content (AvgIpc) is 2.57. The monoisotopic (exact) mass is 341 g/mol. The molecule has 0 saturated heterocycles. The van der Waals surface area contributed by atoms with Gasteiger partial charge in [-0.2, -0.15) is 5.26 Å². The van der Waals surface area contributed by atoms with E-state index in [-0.39, 0.29) is 22.9 Å². The van der Waals surface area contributed by atoms with E-state index in [0.717, 1.165) is 12.1 Å². The molecule has 0 saturated carbocycles. The van der Waals surface area contributed by atoms with Crippen LogP contribution in [0.3, 0.4) is 0 Å². The molecule has 0 atom stereocenters. The van der Waals surface area contributed by atoms with Crippen LogP contribution in [0.5, 0.6) is 5.75 Å². The Kier molecular flexibility index (Phi) is 5.27. The molecule has 9 nitrogen and oxygen atoms in total. The highest BCUT2D eigenvalue weighted by Gasteiger charge is 2.23. The van der Waals surface area contributed by atoms with Crippen LogP contribution in [-0.2, 0) is 14.3 Å². The first kappa shape index (κ1) is 17.4. The quantitative estimate of drug-likeness (QED) is 0.219. The highest BCUT2D eigenvalue weighted by atomic mass is 16.6. The van der Waals surface area contributed by atoms with Crippen molar-refractivity contribution in [2.24, 2.45) is 0 Å². The minimum Gasteiger partial charge on any atom is -0.424 e. The summed E-state index contributed by atoms with van der Waals surface area (Å²) in [6, 6.07) is 6.47. The van der Waals surface area contributed by atoms with E-state index in [4.69, 9.17) is 9.47 Å². The molecule has 0 fully saturated rings. The lowest BCUT2D eigenvalue weighted by atomic mass is 10.1. The zero-order valence-corrected chi connectivity index (χ0v) is 12.9. The van der Waals surface area contributed by atoms with Crippen molar-refractivity contribution in [1.29, 1.82) is 5.26 Å². The summed E-state index contributed by atoms with van der Waals surface area (Å²) in [6.07, 6.45) is 4.38. The second-order valence-electron chi connectivity index (χ2n) is 4.63. The highest BCUT2D eigenvalue weighted by Crippen LogP contribution is 2.21. The van der Waals surface area contributed by atoms with Gasteiger partial charge in [-0.1, -0.05) is 0 Å². The van der Waals surface area contributed by atoms with Crippen molar-refractivity contribution in [1.82, 2.24) is 5.32 Å². The van der Waals surface area contributed by atoms with Gasteiger partial charge < -0.3 is 14.8 Å². The molecule has 2 rings (SSSR count). The topological polar surface area (TPSA) is 132 Å². The molecule has 1 aliphatic heterocycles. The van der Waals surface area contributed by atoms with Crippen molar-refractivity contribution in [3.63, 3.8) is 0 Å². The minimum atomic E-state index is -1.01. The average molecular weight is 341 g/mol. The van der Waals surface area contributed by atoms with Crippen LogP contribution in [-0.4, -0.2) is 16.9 Å². The summed E-state index contributed by atoms with van der Waals surface area (Å²) in [5, 5.41) is 22.5. The van der Waals surface area contributed by atoms with Gasteiger partial charge in [-0.15, -0.1) is 0 Å². The van der Waals surface area contributed by atoms with Gasteiger partial charge in [0, 0.05) is 25.3 Å². The van der Waals surface area contributed by atoms with Crippen LogP contribution in [0.4, 0.5) is 5.69 Å². The van der Waals surface area contributed by atoms with Crippen molar-refractivity contribution in [3.8, 4) is 11.8 Å². The molecule has 0 aromatic heterocycles. The fraction of sp³-hybridized carbons (Fsp3) is 0.0625. The molecule has 1 aromatic rings. The standard InChI is InChI=1S/C16H11N3O6/c1-10(20)24-14-3-2-8-18-15(14)13(9-17)16(21)25-12-6-4-11(5-7-12)19(22)23/h2-8,18H,1H3/b15-13-. The second-order valence-corrected chi connectivity index (χ2v) is 4.63. The lowest BCUT2D eigenvalue weighted by molar-refractivity contribution is -0.384. The van der Waals surface area contributed by atoms with Crippen LogP contribution in [0.1, 0.15) is 6.92 Å². The third-order valence-electron chi connectivity index (χ3n) is 2.90. The van der Waals surface area contributed by atoms with E-state index in [1.165, 1.54) is 37.4 Å². The Morgan fingerprint density at radius 1 is 1.24 bits per heavy atom. The van der Waals surface area contributed by atoms with Crippen LogP contribution >= 0.6 is 0 Å². The summed E-state index contributed by atoms with van der Waals surface area (Å²) < 4.78 is 9.98. The molecule has 0 amide bonds. The molecule has 1 N–H and O–H groups in total. The van der Waals surface area contributed by atoms with Crippen LogP contribution in [0.15, 0.2) is 59.6 Å². The van der Waals surface area contributed by atoms with Crippen molar-refractivity contribution < 1.29 is 24.0 Å². The predicted molar refractivity (Wildman–Crippen MR) is 83.5 cm³/mol. The molecule has 1 aliphatic rings. The van der Waals surface area contributed by atoms with Crippen LogP contribution in [0, 0.1) is 21.4 Å². The maximum absolute atomic E-state index is 12.2. The van der Waals surface area contributed by atoms with E-state index < -0.39 is 22.4 Å². The lowest BCUT2D eigenvalue weighted by Crippen LogP contribution is -2.22. The van der Waals surface area contributed by atoms with Gasteiger partial charge >= 0.3 is 11.9 Å². The molecular formula is C16H11N3O6. The fourth-order valence-electron chi connectivity index (χ4n) is 1.85. The largest absolute Gasteiger partial charge is 0.424 e. The summed E-state index contributed by atoms with van der Waals surface area (Å²) in [5.74, 6) is -1.62. The number of benzene rings is 1. The van der Waals surface area contributed by atoms with E-state index in [1.54, 1.807) is 6.07 Å². The summed E-state index contributed by atoms with van der Waals surface area (Å²) in [4.78, 5) is 33.4. The molecule has 0 unspecified atom stereocenters. The van der Waals surface area contributed by atoms with Crippen molar-refractivity contribution in [2.75, 3.05) is 0 Å². The van der Waals surface area contributed by atoms with E-state index in [1.807, 2.05) is 0 Å². The number of dihydropyridines is 1. The Balaban J connectivity index is 2.27. The minimum absolute atomic E-state index is 0.00722. The molecule has 0 bridgehead atoms. The number of rotatable bonds is 4. The number of nitriles is 1. The van der Waals surface area contributed by atoms with E-state index >= 15 is 0 Å². The van der Waals surface area contributed by atoms with Gasteiger partial charge in [-0.05, 0) is 24.3 Å². The van der Waals surface area contributed by atoms with Gasteiger partial charge in [0.15, 0.2) is 11.3 Å². The third-order valence-corrected chi connectivity index (χ3v) is 2.90. The van der Waals surface area contributed by atoms with E-state index in [0.29, 0.717) is 0 Å². The van der Waals surface area contributed by atoms with E-state index in [9.17, 15) is 25.0 Å². The molecule has 0 spiro atoms. The van der Waals surface area contributed by atoms with Crippen LogP contribution in [0.25, 0.3) is 0 Å². The normalized spacial score (nSPS) is 14.5. The number of ether oxygens (including phenoxy) is 2. The van der Waals surface area contributed by atoms with Gasteiger partial charge in [0.2, 0.25) is 0 Å². The smallest absolute Gasteiger partial charge is 0.356 e. The lowest BCUT2D eigenvalue weighted by Gasteiger charge is -2.15. The van der Waals surface area contributed by atoms with Crippen molar-refractivity contribution in [3.05, 3.63) is 69.8 Å². The molecule has 25 heavy (non-hydrogen) atoms. The van der Waals surface area contributed by atoms with Gasteiger partial charge in [0.05, 0.1) is 4.92 Å². The molecule has 1 aromatic carbocycles. The number of non-ortho nitro benzene ring substituents is 1. The Morgan fingerprint density at radius 3 is 2.48 bits per heavy atom. The summed E-state index contributed by atoms with van der Waals surface area (Å²) in [6.45, 7) is 1.18. The highest BCUT2D eigenvalue weighted by molar-refractivity contribution is 5.96. The number of carbonyl (C=O) groups is 2. The molecule has 9 heteroatoms. The molecule has 0 radical (unpaired) electrons. The third kappa shape index (κ3) is 4.29. The van der Waals surface area contributed by atoms with Gasteiger partial charge in [0.25, 0.3) is 5.69 Å². The number of hydrogen-bond acceptors (Lipinski definition) is 8. The molecule has 0 aliphatic carbocycles. The van der Waals surface area contributed by atoms with Gasteiger partial charge in [-0.25, -0.2) is 4.79 Å². The summed E-state index contributed by atoms with van der Waals surface area (Å²) in [5.41, 5.74) is -0.611. The Bertz CT molecular complexity index is 859. The van der Waals surface area contributed by atoms with Gasteiger partial charge in [0.1, 0.15) is 17.5 Å². The Morgan fingerprint density at radius 2 is 1.92 bits per heavy atom. The van der Waals surface area contributed by atoms with E-state index in [2.05, 4.69) is 5.32 Å². The molecule has 126 valence electrons. The summed E-state index contributed by atoms with van der Waals surface area (Å²) >= 11 is 0. The number of hydrogen-bond donors (Lipinski definition) is 1. The van der Waals surface area contributed by atoms with Crippen molar-refractivity contribution >= 4 is 17.6 Å². The van der Waals surface area contributed by atoms with Crippen LogP contribution in [0.2, 0.25) is 0 Å². The number of carbonyl (C=O) groups excluding carboxylic acids is 2. The fourth-order valence-corrected chi connectivity index (χ4v) is 1.85. The SMILES string of the molecule is CC(=O)OC1=CC=CN/C1=C(/C#N)C(=O)Oc1ccc([N+](=O)[O-])cc1. The second kappa shape index (κ2) is 7.56. The first-order valence-corrected chi connectivity index (χ1v) is 6.85. The zero-order valence-electron chi connectivity index (χ0n) is 12.9. The number of esters is 2. The number of nitro benzene ring substituents is 1. The maximum Gasteiger partial charge on any atom is 0.356 e. The Labute approximate surface area is 141 Å². The van der Waals surface area contributed by atoms with Gasteiger partial charge in [-0.3, -0.25) is 14.9 Å². The number of nitrogens with one attached hydrogen (secondary N) is 1. The summed E-state index contributed by atoms with van der Waals surface area (Å²) in [7, 11) is 0. The number of nitrogens with zero attached hydrogens (tertiary/aromatic N) is 2. The Hall–Kier alpha value is -3.93. The number of allylic oxidation sites excluding steroid dienone is 2. The predicted octanol–water partition coefficient (Wildman–Crippen LogP) is 1.84. The maximum atomic E-state index is 12.2. The van der Waals surface area contributed by atoms with Crippen molar-refractivity contribution in [2.45, 2.75) is 6.92 Å². The first-order chi connectivity index (χ1) is 11.9.